The zero-order chi connectivity index (χ0) is 26.0. The van der Waals surface area contributed by atoms with Gasteiger partial charge in [-0.2, -0.15) is 0 Å². The average Bonchev–Trinajstić information content (AvgIpc) is 3.24. The van der Waals surface area contributed by atoms with Gasteiger partial charge in [-0.25, -0.2) is 13.4 Å². The number of aryl methyl sites for hydroxylation is 3. The number of amides is 2. The van der Waals surface area contributed by atoms with E-state index in [0.29, 0.717) is 16.5 Å². The highest BCUT2D eigenvalue weighted by Gasteiger charge is 2.33. The van der Waals surface area contributed by atoms with Crippen molar-refractivity contribution >= 4 is 49.5 Å². The van der Waals surface area contributed by atoms with E-state index in [1.807, 2.05) is 50.4 Å². The molecule has 3 aromatic rings. The third kappa shape index (κ3) is 5.93. The maximum Gasteiger partial charge on any atom is 0.244 e. The van der Waals surface area contributed by atoms with Gasteiger partial charge >= 0.3 is 0 Å². The van der Waals surface area contributed by atoms with E-state index >= 15 is 0 Å². The molecule has 0 unspecified atom stereocenters. The molecule has 2 heterocycles. The fourth-order valence-electron chi connectivity index (χ4n) is 4.71. The molecule has 1 aliphatic heterocycles. The first-order chi connectivity index (χ1) is 17.0. The minimum Gasteiger partial charge on any atom is -0.375 e. The predicted molar refractivity (Wildman–Crippen MR) is 145 cm³/mol. The second kappa shape index (κ2) is 10.4. The Hall–Kier alpha value is -3.24. The van der Waals surface area contributed by atoms with Crippen LogP contribution in [0.25, 0.3) is 11.3 Å². The number of nitrogen functional groups attached to an aromatic ring is 1. The largest absolute Gasteiger partial charge is 0.375 e. The molecule has 0 atom stereocenters. The normalized spacial score (nSPS) is 15.4. The minimum atomic E-state index is -3.11. The lowest BCUT2D eigenvalue weighted by Gasteiger charge is -2.31. The average molecular weight is 527 g/mol. The summed E-state index contributed by atoms with van der Waals surface area (Å²) in [5.41, 5.74) is 11.5. The third-order valence-electron chi connectivity index (χ3n) is 6.36. The number of sulfone groups is 1. The molecule has 1 fully saturated rings. The van der Waals surface area contributed by atoms with Crippen molar-refractivity contribution in [2.45, 2.75) is 33.6 Å². The molecule has 0 aliphatic carbocycles. The summed E-state index contributed by atoms with van der Waals surface area (Å²) in [6, 6.07) is 11.2. The molecule has 0 radical (unpaired) electrons. The van der Waals surface area contributed by atoms with E-state index in [-0.39, 0.29) is 42.7 Å². The molecule has 0 spiro atoms. The summed E-state index contributed by atoms with van der Waals surface area (Å²) < 4.78 is 23.8. The number of anilines is 3. The lowest BCUT2D eigenvalue weighted by Crippen LogP contribution is -2.44. The van der Waals surface area contributed by atoms with E-state index in [4.69, 9.17) is 5.73 Å². The van der Waals surface area contributed by atoms with Crippen LogP contribution in [-0.2, 0) is 19.4 Å². The van der Waals surface area contributed by atoms with Gasteiger partial charge in [-0.1, -0.05) is 29.8 Å². The van der Waals surface area contributed by atoms with E-state index in [0.717, 1.165) is 27.9 Å². The standard InChI is InChI=1S/C26H30N4O4S2/c1-16-12-17(2)24(18(3)13-16)30(25(32)20-8-10-36(33,34)11-9-20)14-23(31)28-21-6-4-19(5-7-21)22-15-35-26(27)29-22/h4-7,12-13,15,20H,8-11,14H2,1-3H3,(H2,27,29)(H,28,31). The molecular weight excluding hydrogens is 496 g/mol. The molecular formula is C26H30N4O4S2. The highest BCUT2D eigenvalue weighted by molar-refractivity contribution is 7.91. The van der Waals surface area contributed by atoms with Crippen LogP contribution in [0, 0.1) is 26.7 Å². The fraction of sp³-hybridized carbons (Fsp3) is 0.346. The Morgan fingerprint density at radius 3 is 2.25 bits per heavy atom. The monoisotopic (exact) mass is 526 g/mol. The number of carbonyl (C=O) groups is 2. The van der Waals surface area contributed by atoms with Gasteiger partial charge in [0.1, 0.15) is 16.4 Å². The van der Waals surface area contributed by atoms with E-state index in [2.05, 4.69) is 10.3 Å². The Morgan fingerprint density at radius 1 is 1.08 bits per heavy atom. The smallest absolute Gasteiger partial charge is 0.244 e. The van der Waals surface area contributed by atoms with Crippen LogP contribution in [0.2, 0.25) is 0 Å². The number of nitrogens with zero attached hydrogens (tertiary/aromatic N) is 2. The van der Waals surface area contributed by atoms with Crippen LogP contribution in [-0.4, -0.2) is 43.3 Å². The van der Waals surface area contributed by atoms with Gasteiger partial charge in [0, 0.05) is 22.5 Å². The SMILES string of the molecule is Cc1cc(C)c(N(CC(=O)Nc2ccc(-c3csc(N)n3)cc2)C(=O)C2CCS(=O)(=O)CC2)c(C)c1. The van der Waals surface area contributed by atoms with Crippen molar-refractivity contribution < 1.29 is 18.0 Å². The van der Waals surface area contributed by atoms with Crippen molar-refractivity contribution in [1.29, 1.82) is 0 Å². The molecule has 1 saturated heterocycles. The summed E-state index contributed by atoms with van der Waals surface area (Å²) in [5.74, 6) is -1.01. The van der Waals surface area contributed by atoms with Crippen LogP contribution < -0.4 is 16.0 Å². The number of hydrogen-bond donors (Lipinski definition) is 2. The molecule has 1 aliphatic rings. The van der Waals surface area contributed by atoms with E-state index in [9.17, 15) is 18.0 Å². The van der Waals surface area contributed by atoms with Gasteiger partial charge in [0.15, 0.2) is 5.13 Å². The lowest BCUT2D eigenvalue weighted by atomic mass is 9.98. The summed E-state index contributed by atoms with van der Waals surface area (Å²) in [6.07, 6.45) is 0.539. The van der Waals surface area contributed by atoms with Crippen molar-refractivity contribution in [2.24, 2.45) is 5.92 Å². The molecule has 10 heteroatoms. The molecule has 0 saturated carbocycles. The molecule has 0 bridgehead atoms. The Kier molecular flexibility index (Phi) is 7.46. The molecule has 3 N–H and O–H groups in total. The zero-order valence-electron chi connectivity index (χ0n) is 20.6. The number of thiazole rings is 1. The highest BCUT2D eigenvalue weighted by Crippen LogP contribution is 2.31. The van der Waals surface area contributed by atoms with Crippen LogP contribution in [0.5, 0.6) is 0 Å². The van der Waals surface area contributed by atoms with E-state index in [1.54, 1.807) is 12.1 Å². The maximum absolute atomic E-state index is 13.6. The number of benzene rings is 2. The fourth-order valence-corrected chi connectivity index (χ4v) is 6.77. The zero-order valence-corrected chi connectivity index (χ0v) is 22.2. The first kappa shape index (κ1) is 25.8. The predicted octanol–water partition coefficient (Wildman–Crippen LogP) is 4.11. The number of carbonyl (C=O) groups excluding carboxylic acids is 2. The van der Waals surface area contributed by atoms with Crippen LogP contribution in [0.1, 0.15) is 29.5 Å². The Bertz CT molecular complexity index is 1360. The van der Waals surface area contributed by atoms with Crippen LogP contribution in [0.4, 0.5) is 16.5 Å². The lowest BCUT2D eigenvalue weighted by molar-refractivity contribution is -0.124. The van der Waals surface area contributed by atoms with Gasteiger partial charge in [0.05, 0.1) is 22.9 Å². The first-order valence-corrected chi connectivity index (χ1v) is 14.4. The quantitative estimate of drug-likeness (QED) is 0.498. The summed E-state index contributed by atoms with van der Waals surface area (Å²) in [7, 11) is -3.11. The minimum absolute atomic E-state index is 0.00765. The summed E-state index contributed by atoms with van der Waals surface area (Å²) in [5, 5.41) is 5.24. The molecule has 190 valence electrons. The Morgan fingerprint density at radius 2 is 1.69 bits per heavy atom. The van der Waals surface area contributed by atoms with Crippen LogP contribution >= 0.6 is 11.3 Å². The highest BCUT2D eigenvalue weighted by atomic mass is 32.2. The first-order valence-electron chi connectivity index (χ1n) is 11.7. The third-order valence-corrected chi connectivity index (χ3v) is 8.75. The van der Waals surface area contributed by atoms with Gasteiger partial charge < -0.3 is 16.0 Å². The number of aromatic nitrogens is 1. The van der Waals surface area contributed by atoms with Crippen LogP contribution in [0.3, 0.4) is 0 Å². The summed E-state index contributed by atoms with van der Waals surface area (Å²) in [4.78, 5) is 32.5. The second-order valence-electron chi connectivity index (χ2n) is 9.29. The Labute approximate surface area is 215 Å². The molecule has 8 nitrogen and oxygen atoms in total. The molecule has 2 amide bonds. The number of nitrogens with two attached hydrogens (primary N) is 1. The summed E-state index contributed by atoms with van der Waals surface area (Å²) >= 11 is 1.36. The van der Waals surface area contributed by atoms with Gasteiger partial charge in [-0.15, -0.1) is 11.3 Å². The van der Waals surface area contributed by atoms with Gasteiger partial charge in [-0.05, 0) is 56.9 Å². The van der Waals surface area contributed by atoms with Crippen molar-refractivity contribution in [3.05, 3.63) is 58.5 Å². The number of rotatable bonds is 6. The van der Waals surface area contributed by atoms with Crippen molar-refractivity contribution in [3.63, 3.8) is 0 Å². The van der Waals surface area contributed by atoms with Crippen molar-refractivity contribution in [3.8, 4) is 11.3 Å². The molecule has 36 heavy (non-hydrogen) atoms. The van der Waals surface area contributed by atoms with Gasteiger partial charge in [0.2, 0.25) is 11.8 Å². The van der Waals surface area contributed by atoms with Crippen molar-refractivity contribution in [2.75, 3.05) is 34.0 Å². The molecule has 1 aromatic heterocycles. The molecule has 4 rings (SSSR count). The van der Waals surface area contributed by atoms with Gasteiger partial charge in [0.25, 0.3) is 0 Å². The topological polar surface area (TPSA) is 122 Å². The molecule has 2 aromatic carbocycles. The van der Waals surface area contributed by atoms with E-state index < -0.39 is 15.8 Å². The van der Waals surface area contributed by atoms with Gasteiger partial charge in [-0.3, -0.25) is 9.59 Å². The van der Waals surface area contributed by atoms with Crippen LogP contribution in [0.15, 0.2) is 41.8 Å². The maximum atomic E-state index is 13.6. The van der Waals surface area contributed by atoms with E-state index in [1.165, 1.54) is 16.2 Å². The Balaban J connectivity index is 1.55. The second-order valence-corrected chi connectivity index (χ2v) is 12.5. The van der Waals surface area contributed by atoms with Crippen molar-refractivity contribution in [1.82, 2.24) is 4.98 Å². The summed E-state index contributed by atoms with van der Waals surface area (Å²) in [6.45, 7) is 5.65. The number of hydrogen-bond acceptors (Lipinski definition) is 7. The number of nitrogens with one attached hydrogen (secondary N) is 1.